The Morgan fingerprint density at radius 1 is 1.00 bits per heavy atom. The number of benzene rings is 2. The summed E-state index contributed by atoms with van der Waals surface area (Å²) < 4.78 is 23.7. The lowest BCUT2D eigenvalue weighted by Crippen LogP contribution is -2.01. The topological polar surface area (TPSA) is 38.7 Å². The molecule has 0 spiro atoms. The summed E-state index contributed by atoms with van der Waals surface area (Å²) in [5.41, 5.74) is 0.989. The highest BCUT2D eigenvalue weighted by atomic mass is 35.5. The summed E-state index contributed by atoms with van der Waals surface area (Å²) >= 11 is 5.63. The summed E-state index contributed by atoms with van der Waals surface area (Å²) in [4.78, 5) is 0. The molecule has 2 rings (SSSR count). The predicted octanol–water partition coefficient (Wildman–Crippen LogP) is 3.58. The van der Waals surface area contributed by atoms with Crippen molar-refractivity contribution in [3.63, 3.8) is 0 Å². The first kappa shape index (κ1) is 14.6. The fraction of sp³-hybridized carbons (Fsp3) is 0.200. The summed E-state index contributed by atoms with van der Waals surface area (Å²) in [5, 5.41) is 10.3. The Morgan fingerprint density at radius 3 is 2.20 bits per heavy atom. The minimum absolute atomic E-state index is 0.0215. The molecule has 0 aliphatic carbocycles. The normalized spacial score (nSPS) is 12.1. The average molecular weight is 297 g/mol. The number of aliphatic hydroxyl groups is 1. The predicted molar refractivity (Wildman–Crippen MR) is 75.0 cm³/mol. The maximum atomic E-state index is 13.4. The van der Waals surface area contributed by atoms with Crippen molar-refractivity contribution in [2.45, 2.75) is 6.10 Å². The van der Waals surface area contributed by atoms with Gasteiger partial charge in [0, 0.05) is 0 Å². The van der Waals surface area contributed by atoms with E-state index in [0.717, 1.165) is 0 Å². The van der Waals surface area contributed by atoms with Crippen LogP contribution in [0.1, 0.15) is 17.2 Å². The molecule has 0 bridgehead atoms. The molecule has 0 aliphatic heterocycles. The first-order valence-corrected chi connectivity index (χ1v) is 6.29. The van der Waals surface area contributed by atoms with E-state index in [4.69, 9.17) is 21.1 Å². The SMILES string of the molecule is COc1ccc(C(O)c2ccc(Cl)c(F)c2)cc1OC. The summed E-state index contributed by atoms with van der Waals surface area (Å²) in [5.74, 6) is 0.493. The fourth-order valence-corrected chi connectivity index (χ4v) is 2.02. The largest absolute Gasteiger partial charge is 0.493 e. The third-order valence-corrected chi connectivity index (χ3v) is 3.29. The lowest BCUT2D eigenvalue weighted by atomic mass is 10.0. The highest BCUT2D eigenvalue weighted by molar-refractivity contribution is 6.30. The number of rotatable bonds is 4. The van der Waals surface area contributed by atoms with Gasteiger partial charge < -0.3 is 14.6 Å². The van der Waals surface area contributed by atoms with Crippen LogP contribution in [0.4, 0.5) is 4.39 Å². The molecule has 3 nitrogen and oxygen atoms in total. The van der Waals surface area contributed by atoms with E-state index in [0.29, 0.717) is 22.6 Å². The Hall–Kier alpha value is -1.78. The maximum Gasteiger partial charge on any atom is 0.161 e. The molecule has 0 amide bonds. The van der Waals surface area contributed by atoms with Crippen molar-refractivity contribution in [2.24, 2.45) is 0 Å². The van der Waals surface area contributed by atoms with Gasteiger partial charge in [0.05, 0.1) is 19.2 Å². The monoisotopic (exact) mass is 296 g/mol. The molecule has 1 N–H and O–H groups in total. The molecule has 106 valence electrons. The molecule has 0 radical (unpaired) electrons. The molecule has 0 aromatic heterocycles. The van der Waals surface area contributed by atoms with Gasteiger partial charge in [-0.15, -0.1) is 0 Å². The van der Waals surface area contributed by atoms with E-state index < -0.39 is 11.9 Å². The number of hydrogen-bond donors (Lipinski definition) is 1. The van der Waals surface area contributed by atoms with Crippen LogP contribution in [0.3, 0.4) is 0 Å². The number of methoxy groups -OCH3 is 2. The summed E-state index contributed by atoms with van der Waals surface area (Å²) in [6, 6.07) is 9.23. The third-order valence-electron chi connectivity index (χ3n) is 2.98. The van der Waals surface area contributed by atoms with Gasteiger partial charge in [-0.05, 0) is 35.4 Å². The van der Waals surface area contributed by atoms with Crippen LogP contribution in [0.5, 0.6) is 11.5 Å². The molecule has 0 saturated heterocycles. The minimum atomic E-state index is -0.971. The van der Waals surface area contributed by atoms with Gasteiger partial charge in [0.25, 0.3) is 0 Å². The van der Waals surface area contributed by atoms with Crippen LogP contribution in [0.2, 0.25) is 5.02 Å². The second-order valence-electron chi connectivity index (χ2n) is 4.19. The third kappa shape index (κ3) is 2.86. The fourth-order valence-electron chi connectivity index (χ4n) is 1.90. The van der Waals surface area contributed by atoms with Crippen LogP contribution in [-0.4, -0.2) is 19.3 Å². The van der Waals surface area contributed by atoms with E-state index in [-0.39, 0.29) is 5.02 Å². The second kappa shape index (κ2) is 6.11. The molecule has 0 fully saturated rings. The number of aliphatic hydroxyl groups excluding tert-OH is 1. The second-order valence-corrected chi connectivity index (χ2v) is 4.60. The van der Waals surface area contributed by atoms with E-state index in [1.165, 1.54) is 26.4 Å². The average Bonchev–Trinajstić information content (AvgIpc) is 2.48. The zero-order valence-electron chi connectivity index (χ0n) is 11.1. The van der Waals surface area contributed by atoms with Gasteiger partial charge in [-0.25, -0.2) is 4.39 Å². The van der Waals surface area contributed by atoms with Crippen LogP contribution in [-0.2, 0) is 0 Å². The van der Waals surface area contributed by atoms with Crippen molar-refractivity contribution < 1.29 is 19.0 Å². The number of hydrogen-bond acceptors (Lipinski definition) is 3. The zero-order valence-corrected chi connectivity index (χ0v) is 11.8. The lowest BCUT2D eigenvalue weighted by molar-refractivity contribution is 0.219. The first-order chi connectivity index (χ1) is 9.56. The Morgan fingerprint density at radius 2 is 1.60 bits per heavy atom. The van der Waals surface area contributed by atoms with Gasteiger partial charge in [-0.2, -0.15) is 0 Å². The van der Waals surface area contributed by atoms with Crippen LogP contribution >= 0.6 is 11.6 Å². The quantitative estimate of drug-likeness (QED) is 0.937. The zero-order chi connectivity index (χ0) is 14.7. The molecular formula is C15H14ClFO3. The van der Waals surface area contributed by atoms with E-state index in [2.05, 4.69) is 0 Å². The molecule has 20 heavy (non-hydrogen) atoms. The molecule has 0 saturated carbocycles. The van der Waals surface area contributed by atoms with Gasteiger partial charge in [-0.1, -0.05) is 23.7 Å². The molecule has 2 aromatic rings. The molecule has 0 aliphatic rings. The lowest BCUT2D eigenvalue weighted by Gasteiger charge is -2.15. The van der Waals surface area contributed by atoms with Gasteiger partial charge in [-0.3, -0.25) is 0 Å². The van der Waals surface area contributed by atoms with Crippen molar-refractivity contribution in [3.05, 3.63) is 58.4 Å². The van der Waals surface area contributed by atoms with Crippen molar-refractivity contribution in [2.75, 3.05) is 14.2 Å². The van der Waals surface area contributed by atoms with Crippen LogP contribution in [0, 0.1) is 5.82 Å². The highest BCUT2D eigenvalue weighted by Crippen LogP contribution is 2.32. The number of halogens is 2. The van der Waals surface area contributed by atoms with Crippen LogP contribution < -0.4 is 9.47 Å². The van der Waals surface area contributed by atoms with Gasteiger partial charge in [0.2, 0.25) is 0 Å². The van der Waals surface area contributed by atoms with Gasteiger partial charge in [0.15, 0.2) is 11.5 Å². The summed E-state index contributed by atoms with van der Waals surface area (Å²) in [7, 11) is 3.04. The summed E-state index contributed by atoms with van der Waals surface area (Å²) in [6.45, 7) is 0. The van der Waals surface area contributed by atoms with Crippen LogP contribution in [0.25, 0.3) is 0 Å². The molecule has 2 aromatic carbocycles. The maximum absolute atomic E-state index is 13.4. The minimum Gasteiger partial charge on any atom is -0.493 e. The van der Waals surface area contributed by atoms with Gasteiger partial charge >= 0.3 is 0 Å². The van der Waals surface area contributed by atoms with Crippen molar-refractivity contribution in [1.82, 2.24) is 0 Å². The van der Waals surface area contributed by atoms with Crippen LogP contribution in [0.15, 0.2) is 36.4 Å². The molecule has 0 heterocycles. The highest BCUT2D eigenvalue weighted by Gasteiger charge is 2.15. The van der Waals surface area contributed by atoms with E-state index in [1.54, 1.807) is 24.3 Å². The van der Waals surface area contributed by atoms with Crippen molar-refractivity contribution in [3.8, 4) is 11.5 Å². The standard InChI is InChI=1S/C15H14ClFO3/c1-19-13-6-4-10(8-14(13)20-2)15(18)9-3-5-11(16)12(17)7-9/h3-8,15,18H,1-2H3. The summed E-state index contributed by atoms with van der Waals surface area (Å²) in [6.07, 6.45) is -0.971. The Bertz CT molecular complexity index is 616. The molecule has 1 unspecified atom stereocenters. The molecule has 1 atom stereocenters. The van der Waals surface area contributed by atoms with Crippen molar-refractivity contribution >= 4 is 11.6 Å². The van der Waals surface area contributed by atoms with E-state index in [1.807, 2.05) is 0 Å². The molecular weight excluding hydrogens is 283 g/mol. The Labute approximate surface area is 121 Å². The van der Waals surface area contributed by atoms with E-state index in [9.17, 15) is 9.50 Å². The van der Waals surface area contributed by atoms with Crippen molar-refractivity contribution in [1.29, 1.82) is 0 Å². The van der Waals surface area contributed by atoms with E-state index >= 15 is 0 Å². The molecule has 5 heteroatoms. The first-order valence-electron chi connectivity index (χ1n) is 5.91. The number of ether oxygens (including phenoxy) is 2. The Kier molecular flexibility index (Phi) is 4.47. The van der Waals surface area contributed by atoms with Gasteiger partial charge in [0.1, 0.15) is 11.9 Å². The Balaban J connectivity index is 2.37. The smallest absolute Gasteiger partial charge is 0.161 e.